The molecule has 0 unspecified atom stereocenters. The van der Waals surface area contributed by atoms with Gasteiger partial charge in [-0.1, -0.05) is 6.07 Å². The fraction of sp³-hybridized carbons (Fsp3) is 0.375. The van der Waals surface area contributed by atoms with Gasteiger partial charge in [0.05, 0.1) is 6.54 Å². The van der Waals surface area contributed by atoms with Gasteiger partial charge < -0.3 is 11.1 Å². The Bertz CT molecular complexity index is 241. The summed E-state index contributed by atoms with van der Waals surface area (Å²) >= 11 is 1.69. The van der Waals surface area contributed by atoms with Gasteiger partial charge in [0, 0.05) is 11.4 Å². The van der Waals surface area contributed by atoms with Gasteiger partial charge in [-0.25, -0.2) is 4.99 Å². The maximum Gasteiger partial charge on any atom is 0.188 e. The minimum Gasteiger partial charge on any atom is -0.370 e. The van der Waals surface area contributed by atoms with Gasteiger partial charge in [-0.05, 0) is 18.4 Å². The zero-order chi connectivity index (χ0) is 8.81. The Hall–Kier alpha value is -1.03. The van der Waals surface area contributed by atoms with Crippen LogP contribution in [0.15, 0.2) is 22.5 Å². The highest BCUT2D eigenvalue weighted by Crippen LogP contribution is 2.08. The molecule has 0 aromatic carbocycles. The molecule has 4 heteroatoms. The average molecular weight is 183 g/mol. The molecule has 1 heterocycles. The lowest BCUT2D eigenvalue weighted by Crippen LogP contribution is -2.31. The molecule has 0 spiro atoms. The molecule has 0 saturated heterocycles. The zero-order valence-corrected chi connectivity index (χ0v) is 7.90. The van der Waals surface area contributed by atoms with Gasteiger partial charge in [-0.15, -0.1) is 11.3 Å². The van der Waals surface area contributed by atoms with E-state index in [0.717, 1.165) is 6.54 Å². The summed E-state index contributed by atoms with van der Waals surface area (Å²) in [6.07, 6.45) is 0. The standard InChI is InChI=1S/C8H13N3S/c1-2-10-8(9)11-6-7-4-3-5-12-7/h3-5H,2,6H2,1H3,(H3,9,10,11). The Balaban J connectivity index is 2.38. The first-order chi connectivity index (χ1) is 5.83. The third kappa shape index (κ3) is 2.92. The first-order valence-corrected chi connectivity index (χ1v) is 4.77. The van der Waals surface area contributed by atoms with Crippen LogP contribution in [0.5, 0.6) is 0 Å². The molecule has 0 bridgehead atoms. The molecule has 0 aliphatic heterocycles. The molecule has 1 rings (SSSR count). The third-order valence-electron chi connectivity index (χ3n) is 1.34. The molecular weight excluding hydrogens is 170 g/mol. The minimum absolute atomic E-state index is 0.519. The molecule has 0 aliphatic rings. The highest BCUT2D eigenvalue weighted by molar-refractivity contribution is 7.09. The lowest BCUT2D eigenvalue weighted by atomic mass is 10.5. The summed E-state index contributed by atoms with van der Waals surface area (Å²) < 4.78 is 0. The normalized spacial score (nSPS) is 11.6. The van der Waals surface area contributed by atoms with Crippen LogP contribution in [0.2, 0.25) is 0 Å². The van der Waals surface area contributed by atoms with Crippen LogP contribution in [-0.4, -0.2) is 12.5 Å². The Morgan fingerprint density at radius 1 is 1.75 bits per heavy atom. The number of nitrogens with two attached hydrogens (primary N) is 1. The van der Waals surface area contributed by atoms with Gasteiger partial charge in [0.25, 0.3) is 0 Å². The van der Waals surface area contributed by atoms with Crippen LogP contribution >= 0.6 is 11.3 Å². The van der Waals surface area contributed by atoms with Crippen molar-refractivity contribution in [1.82, 2.24) is 5.32 Å². The van der Waals surface area contributed by atoms with Gasteiger partial charge in [0.1, 0.15) is 0 Å². The van der Waals surface area contributed by atoms with Crippen LogP contribution in [0.3, 0.4) is 0 Å². The molecule has 0 saturated carbocycles. The lowest BCUT2D eigenvalue weighted by molar-refractivity contribution is 0.929. The highest BCUT2D eigenvalue weighted by atomic mass is 32.1. The molecule has 0 fully saturated rings. The van der Waals surface area contributed by atoms with E-state index in [0.29, 0.717) is 12.5 Å². The second-order valence-corrected chi connectivity index (χ2v) is 3.34. The van der Waals surface area contributed by atoms with E-state index >= 15 is 0 Å². The van der Waals surface area contributed by atoms with Crippen LogP contribution in [0.25, 0.3) is 0 Å². The fourth-order valence-corrected chi connectivity index (χ4v) is 1.43. The van der Waals surface area contributed by atoms with Crippen molar-refractivity contribution in [3.63, 3.8) is 0 Å². The van der Waals surface area contributed by atoms with Gasteiger partial charge in [-0.2, -0.15) is 0 Å². The molecule has 3 nitrogen and oxygen atoms in total. The zero-order valence-electron chi connectivity index (χ0n) is 7.08. The van der Waals surface area contributed by atoms with E-state index in [4.69, 9.17) is 5.73 Å². The smallest absolute Gasteiger partial charge is 0.188 e. The SMILES string of the molecule is CCNC(N)=NCc1cccs1. The van der Waals surface area contributed by atoms with Gasteiger partial charge >= 0.3 is 0 Å². The minimum atomic E-state index is 0.519. The first kappa shape index (κ1) is 9.06. The molecule has 1 aromatic rings. The molecule has 3 N–H and O–H groups in total. The fourth-order valence-electron chi connectivity index (χ4n) is 0.803. The van der Waals surface area contributed by atoms with Crippen molar-refractivity contribution in [3.05, 3.63) is 22.4 Å². The molecule has 0 amide bonds. The molecule has 0 aliphatic carbocycles. The van der Waals surface area contributed by atoms with E-state index in [2.05, 4.69) is 10.3 Å². The van der Waals surface area contributed by atoms with Crippen LogP contribution < -0.4 is 11.1 Å². The maximum absolute atomic E-state index is 5.54. The first-order valence-electron chi connectivity index (χ1n) is 3.89. The largest absolute Gasteiger partial charge is 0.370 e. The van der Waals surface area contributed by atoms with Crippen molar-refractivity contribution >= 4 is 17.3 Å². The summed E-state index contributed by atoms with van der Waals surface area (Å²) in [5.74, 6) is 0.519. The van der Waals surface area contributed by atoms with E-state index in [-0.39, 0.29) is 0 Å². The van der Waals surface area contributed by atoms with E-state index < -0.39 is 0 Å². The number of hydrogen-bond acceptors (Lipinski definition) is 2. The summed E-state index contributed by atoms with van der Waals surface area (Å²) in [5.41, 5.74) is 5.54. The van der Waals surface area contributed by atoms with Crippen LogP contribution in [0.1, 0.15) is 11.8 Å². The summed E-state index contributed by atoms with van der Waals surface area (Å²) in [7, 11) is 0. The Labute approximate surface area is 76.3 Å². The number of hydrogen-bond donors (Lipinski definition) is 2. The predicted octanol–water partition coefficient (Wildman–Crippen LogP) is 1.17. The second-order valence-electron chi connectivity index (χ2n) is 2.31. The number of nitrogens with zero attached hydrogens (tertiary/aromatic N) is 1. The van der Waals surface area contributed by atoms with Crippen molar-refractivity contribution in [2.24, 2.45) is 10.7 Å². The molecule has 0 radical (unpaired) electrons. The predicted molar refractivity (Wildman–Crippen MR) is 53.3 cm³/mol. The van der Waals surface area contributed by atoms with Crippen molar-refractivity contribution < 1.29 is 0 Å². The molecular formula is C8H13N3S. The number of guanidine groups is 1. The molecule has 66 valence electrons. The maximum atomic E-state index is 5.54. The van der Waals surface area contributed by atoms with Crippen LogP contribution in [0.4, 0.5) is 0 Å². The van der Waals surface area contributed by atoms with Crippen molar-refractivity contribution in [2.75, 3.05) is 6.54 Å². The number of nitrogens with one attached hydrogen (secondary N) is 1. The Kier molecular flexibility index (Phi) is 3.60. The molecule has 0 atom stereocenters. The lowest BCUT2D eigenvalue weighted by Gasteiger charge is -1.99. The van der Waals surface area contributed by atoms with Crippen molar-refractivity contribution in [2.45, 2.75) is 13.5 Å². The monoisotopic (exact) mass is 183 g/mol. The summed E-state index contributed by atoms with van der Waals surface area (Å²) in [4.78, 5) is 5.38. The topological polar surface area (TPSA) is 50.4 Å². The Morgan fingerprint density at radius 2 is 2.58 bits per heavy atom. The van der Waals surface area contributed by atoms with Crippen LogP contribution in [-0.2, 0) is 6.54 Å². The number of rotatable bonds is 3. The highest BCUT2D eigenvalue weighted by Gasteiger charge is 1.91. The average Bonchev–Trinajstić information content (AvgIpc) is 2.53. The van der Waals surface area contributed by atoms with Crippen molar-refractivity contribution in [3.8, 4) is 0 Å². The molecule has 12 heavy (non-hydrogen) atoms. The second kappa shape index (κ2) is 4.77. The summed E-state index contributed by atoms with van der Waals surface area (Å²) in [5, 5.41) is 4.98. The summed E-state index contributed by atoms with van der Waals surface area (Å²) in [6.45, 7) is 3.49. The van der Waals surface area contributed by atoms with E-state index in [1.165, 1.54) is 4.88 Å². The number of aliphatic imine (C=N–C) groups is 1. The molecule has 1 aromatic heterocycles. The van der Waals surface area contributed by atoms with Gasteiger partial charge in [-0.3, -0.25) is 0 Å². The number of thiophene rings is 1. The quantitative estimate of drug-likeness (QED) is 0.546. The Morgan fingerprint density at radius 3 is 3.17 bits per heavy atom. The van der Waals surface area contributed by atoms with Gasteiger partial charge in [0.2, 0.25) is 0 Å². The van der Waals surface area contributed by atoms with E-state index in [1.54, 1.807) is 11.3 Å². The van der Waals surface area contributed by atoms with Gasteiger partial charge in [0.15, 0.2) is 5.96 Å². The van der Waals surface area contributed by atoms with E-state index in [9.17, 15) is 0 Å². The third-order valence-corrected chi connectivity index (χ3v) is 2.20. The van der Waals surface area contributed by atoms with E-state index in [1.807, 2.05) is 24.4 Å². The van der Waals surface area contributed by atoms with Crippen LogP contribution in [0, 0.1) is 0 Å². The van der Waals surface area contributed by atoms with Crippen molar-refractivity contribution in [1.29, 1.82) is 0 Å². The summed E-state index contributed by atoms with van der Waals surface area (Å²) in [6, 6.07) is 4.06.